The summed E-state index contributed by atoms with van der Waals surface area (Å²) in [7, 11) is 0. The molecule has 1 aromatic heterocycles. The molecule has 1 aromatic rings. The first-order valence-corrected chi connectivity index (χ1v) is 7.89. The molecule has 0 saturated heterocycles. The van der Waals surface area contributed by atoms with Gasteiger partial charge in [0, 0.05) is 22.4 Å². The van der Waals surface area contributed by atoms with E-state index < -0.39 is 0 Å². The maximum absolute atomic E-state index is 9.95. The highest BCUT2D eigenvalue weighted by atomic mass is 79.9. The van der Waals surface area contributed by atoms with E-state index in [4.69, 9.17) is 11.6 Å². The number of hydrogen-bond acceptors (Lipinski definition) is 3. The Bertz CT molecular complexity index is 322. The first-order valence-electron chi connectivity index (χ1n) is 5.90. The predicted molar refractivity (Wildman–Crippen MR) is 78.8 cm³/mol. The molecule has 0 amide bonds. The molecular weight excluding hydrogens is 322 g/mol. The van der Waals surface area contributed by atoms with Crippen LogP contribution in [0.3, 0.4) is 0 Å². The van der Waals surface area contributed by atoms with Crippen molar-refractivity contribution < 1.29 is 5.11 Å². The summed E-state index contributed by atoms with van der Waals surface area (Å²) in [6.45, 7) is 5.63. The SMILES string of the molecule is CCC(CC)C(O)CNCc1cc(Br)c(Cl)s1. The van der Waals surface area contributed by atoms with Gasteiger partial charge in [0.15, 0.2) is 0 Å². The van der Waals surface area contributed by atoms with Crippen molar-refractivity contribution in [2.45, 2.75) is 39.3 Å². The van der Waals surface area contributed by atoms with Crippen molar-refractivity contribution >= 4 is 38.9 Å². The van der Waals surface area contributed by atoms with Gasteiger partial charge < -0.3 is 10.4 Å². The fourth-order valence-electron chi connectivity index (χ4n) is 1.82. The van der Waals surface area contributed by atoms with Crippen LogP contribution in [-0.4, -0.2) is 17.8 Å². The molecule has 0 aliphatic heterocycles. The fraction of sp³-hybridized carbons (Fsp3) is 0.667. The van der Waals surface area contributed by atoms with E-state index in [0.717, 1.165) is 28.2 Å². The highest BCUT2D eigenvalue weighted by Crippen LogP contribution is 2.31. The third-order valence-corrected chi connectivity index (χ3v) is 5.42. The second-order valence-electron chi connectivity index (χ2n) is 4.11. The summed E-state index contributed by atoms with van der Waals surface area (Å²) in [5.41, 5.74) is 0. The number of nitrogens with one attached hydrogen (secondary N) is 1. The van der Waals surface area contributed by atoms with Crippen molar-refractivity contribution in [2.75, 3.05) is 6.54 Å². The lowest BCUT2D eigenvalue weighted by Gasteiger charge is -2.20. The highest BCUT2D eigenvalue weighted by Gasteiger charge is 2.14. The standard InChI is InChI=1S/C12H19BrClNOS/c1-3-8(4-2)11(16)7-15-6-9-5-10(13)12(14)17-9/h5,8,11,15-16H,3-4,6-7H2,1-2H3. The van der Waals surface area contributed by atoms with Gasteiger partial charge in [0.1, 0.15) is 4.34 Å². The smallest absolute Gasteiger partial charge is 0.107 e. The molecule has 1 unspecified atom stereocenters. The van der Waals surface area contributed by atoms with Gasteiger partial charge in [0.05, 0.1) is 6.10 Å². The van der Waals surface area contributed by atoms with Crippen LogP contribution in [0.15, 0.2) is 10.5 Å². The van der Waals surface area contributed by atoms with Crippen molar-refractivity contribution in [3.63, 3.8) is 0 Å². The molecule has 0 bridgehead atoms. The second kappa shape index (κ2) is 7.74. The quantitative estimate of drug-likeness (QED) is 0.785. The molecule has 98 valence electrons. The third kappa shape index (κ3) is 4.87. The van der Waals surface area contributed by atoms with Crippen LogP contribution in [0.25, 0.3) is 0 Å². The summed E-state index contributed by atoms with van der Waals surface area (Å²) in [6, 6.07) is 2.02. The molecule has 5 heteroatoms. The Labute approximate surface area is 121 Å². The minimum atomic E-state index is -0.260. The van der Waals surface area contributed by atoms with Gasteiger partial charge in [-0.1, -0.05) is 38.3 Å². The van der Waals surface area contributed by atoms with E-state index in [2.05, 4.69) is 35.1 Å². The van der Waals surface area contributed by atoms with E-state index in [1.807, 2.05) is 6.07 Å². The molecule has 0 spiro atoms. The first-order chi connectivity index (χ1) is 8.08. The second-order valence-corrected chi connectivity index (χ2v) is 6.70. The van der Waals surface area contributed by atoms with Crippen LogP contribution in [-0.2, 0) is 6.54 Å². The molecule has 1 heterocycles. The molecule has 0 aliphatic rings. The number of hydrogen-bond donors (Lipinski definition) is 2. The minimum Gasteiger partial charge on any atom is -0.392 e. The highest BCUT2D eigenvalue weighted by molar-refractivity contribution is 9.10. The molecule has 0 radical (unpaired) electrons. The van der Waals surface area contributed by atoms with E-state index in [-0.39, 0.29) is 6.10 Å². The van der Waals surface area contributed by atoms with Gasteiger partial charge in [0.2, 0.25) is 0 Å². The van der Waals surface area contributed by atoms with E-state index >= 15 is 0 Å². The number of halogens is 2. The van der Waals surface area contributed by atoms with Crippen LogP contribution in [0.1, 0.15) is 31.6 Å². The first kappa shape index (κ1) is 15.4. The summed E-state index contributed by atoms with van der Waals surface area (Å²) in [5, 5.41) is 13.2. The number of aliphatic hydroxyl groups is 1. The van der Waals surface area contributed by atoms with Gasteiger partial charge in [0.25, 0.3) is 0 Å². The lowest BCUT2D eigenvalue weighted by molar-refractivity contribution is 0.101. The van der Waals surface area contributed by atoms with Crippen molar-refractivity contribution in [2.24, 2.45) is 5.92 Å². The van der Waals surface area contributed by atoms with Gasteiger partial charge >= 0.3 is 0 Å². The van der Waals surface area contributed by atoms with Crippen LogP contribution < -0.4 is 5.32 Å². The molecular formula is C12H19BrClNOS. The van der Waals surface area contributed by atoms with Gasteiger partial charge in [-0.05, 0) is 27.9 Å². The fourth-order valence-corrected chi connectivity index (χ4v) is 3.58. The van der Waals surface area contributed by atoms with E-state index in [9.17, 15) is 5.11 Å². The summed E-state index contributed by atoms with van der Waals surface area (Å²) < 4.78 is 1.73. The molecule has 0 aliphatic carbocycles. The van der Waals surface area contributed by atoms with Crippen LogP contribution in [0.2, 0.25) is 4.34 Å². The molecule has 2 nitrogen and oxygen atoms in total. The lowest BCUT2D eigenvalue weighted by atomic mass is 9.97. The molecule has 0 saturated carbocycles. The maximum atomic E-state index is 9.95. The average molecular weight is 341 g/mol. The van der Waals surface area contributed by atoms with E-state index in [1.165, 1.54) is 4.88 Å². The Morgan fingerprint density at radius 2 is 2.12 bits per heavy atom. The Hall–Kier alpha value is 0.390. The number of aliphatic hydroxyl groups excluding tert-OH is 1. The largest absolute Gasteiger partial charge is 0.392 e. The predicted octanol–water partition coefficient (Wildman–Crippen LogP) is 4.05. The topological polar surface area (TPSA) is 32.3 Å². The average Bonchev–Trinajstić information content (AvgIpc) is 2.60. The molecule has 1 atom stereocenters. The van der Waals surface area contributed by atoms with Crippen molar-refractivity contribution in [3.05, 3.63) is 19.8 Å². The van der Waals surface area contributed by atoms with Gasteiger partial charge in [-0.2, -0.15) is 0 Å². The zero-order valence-electron chi connectivity index (χ0n) is 10.2. The molecule has 17 heavy (non-hydrogen) atoms. The summed E-state index contributed by atoms with van der Waals surface area (Å²) in [5.74, 6) is 0.390. The summed E-state index contributed by atoms with van der Waals surface area (Å²) in [6.07, 6.45) is 1.79. The van der Waals surface area contributed by atoms with Crippen LogP contribution in [0.5, 0.6) is 0 Å². The Morgan fingerprint density at radius 3 is 2.59 bits per heavy atom. The van der Waals surface area contributed by atoms with Crippen LogP contribution in [0.4, 0.5) is 0 Å². The summed E-state index contributed by atoms with van der Waals surface area (Å²) in [4.78, 5) is 1.18. The van der Waals surface area contributed by atoms with E-state index in [0.29, 0.717) is 12.5 Å². The Balaban J connectivity index is 2.32. The van der Waals surface area contributed by atoms with Crippen molar-refractivity contribution in [1.82, 2.24) is 5.32 Å². The third-order valence-electron chi connectivity index (χ3n) is 2.94. The van der Waals surface area contributed by atoms with Crippen molar-refractivity contribution in [1.29, 1.82) is 0 Å². The van der Waals surface area contributed by atoms with Crippen LogP contribution in [0, 0.1) is 5.92 Å². The van der Waals surface area contributed by atoms with Gasteiger partial charge in [-0.3, -0.25) is 0 Å². The lowest BCUT2D eigenvalue weighted by Crippen LogP contribution is -2.32. The minimum absolute atomic E-state index is 0.260. The Morgan fingerprint density at radius 1 is 1.47 bits per heavy atom. The summed E-state index contributed by atoms with van der Waals surface area (Å²) >= 11 is 10.9. The molecule has 1 rings (SSSR count). The molecule has 0 aromatic carbocycles. The normalized spacial score (nSPS) is 13.3. The molecule has 0 fully saturated rings. The van der Waals surface area contributed by atoms with Gasteiger partial charge in [-0.25, -0.2) is 0 Å². The molecule has 2 N–H and O–H groups in total. The van der Waals surface area contributed by atoms with E-state index in [1.54, 1.807) is 11.3 Å². The number of rotatable bonds is 7. The number of thiophene rings is 1. The van der Waals surface area contributed by atoms with Crippen molar-refractivity contribution in [3.8, 4) is 0 Å². The maximum Gasteiger partial charge on any atom is 0.107 e. The van der Waals surface area contributed by atoms with Crippen LogP contribution >= 0.6 is 38.9 Å². The zero-order chi connectivity index (χ0) is 12.8. The monoisotopic (exact) mass is 339 g/mol. The van der Waals surface area contributed by atoms with Gasteiger partial charge in [-0.15, -0.1) is 11.3 Å². The zero-order valence-corrected chi connectivity index (χ0v) is 13.3. The Kier molecular flexibility index (Phi) is 7.04.